The number of aromatic nitrogens is 3. The van der Waals surface area contributed by atoms with Gasteiger partial charge in [0.05, 0.1) is 22.7 Å². The van der Waals surface area contributed by atoms with Crippen LogP contribution in [0.25, 0.3) is 32.9 Å². The maximum Gasteiger partial charge on any atom is 0.175 e. The highest BCUT2D eigenvalue weighted by Crippen LogP contribution is 2.58. The molecule has 2 aromatic carbocycles. The quantitative estimate of drug-likeness (QED) is 0.325. The molecule has 3 N–H and O–H groups in total. The van der Waals surface area contributed by atoms with Gasteiger partial charge in [-0.3, -0.25) is 4.68 Å². The number of anilines is 1. The number of benzene rings is 2. The zero-order chi connectivity index (χ0) is 25.6. The standard InChI is InChI=1S/C29H27F2N5O/c1-4-17-21(30)8-5-14-9-16(37)10-18(22(14)17)26-25(31)28-24(29(34-26)33-13(2)3)27(35-36(28)15-6-7-15)23-19-11-32-12-20(19)23/h1,5,8-10,13,15,19-20,23,32,37H,6-7,11-12H2,2-3H3,(H,33,34)/t19-,20+,23?. The molecule has 4 aromatic rings. The van der Waals surface area contributed by atoms with Crippen LogP contribution >= 0.6 is 0 Å². The highest BCUT2D eigenvalue weighted by Gasteiger charge is 2.56. The predicted molar refractivity (Wildman–Crippen MR) is 140 cm³/mol. The second kappa shape index (κ2) is 7.90. The lowest BCUT2D eigenvalue weighted by Crippen LogP contribution is -2.15. The molecule has 37 heavy (non-hydrogen) atoms. The molecular formula is C29H27F2N5O. The van der Waals surface area contributed by atoms with Crippen LogP contribution in [0.2, 0.25) is 0 Å². The first-order valence-electron chi connectivity index (χ1n) is 12.9. The number of nitrogens with zero attached hydrogens (tertiary/aromatic N) is 3. The molecule has 0 amide bonds. The van der Waals surface area contributed by atoms with Gasteiger partial charge in [-0.05, 0) is 75.2 Å². The molecular weight excluding hydrogens is 472 g/mol. The van der Waals surface area contributed by atoms with Gasteiger partial charge in [0, 0.05) is 22.9 Å². The number of nitrogens with one attached hydrogen (secondary N) is 2. The van der Waals surface area contributed by atoms with Gasteiger partial charge in [-0.2, -0.15) is 5.10 Å². The molecule has 3 atom stereocenters. The number of rotatable bonds is 5. The number of hydrogen-bond donors (Lipinski definition) is 3. The average molecular weight is 500 g/mol. The molecule has 1 saturated heterocycles. The van der Waals surface area contributed by atoms with Crippen molar-refractivity contribution in [3.8, 4) is 29.4 Å². The Morgan fingerprint density at radius 2 is 1.92 bits per heavy atom. The summed E-state index contributed by atoms with van der Waals surface area (Å²) < 4.78 is 33.3. The van der Waals surface area contributed by atoms with E-state index in [9.17, 15) is 9.50 Å². The van der Waals surface area contributed by atoms with E-state index in [2.05, 4.69) is 16.6 Å². The van der Waals surface area contributed by atoms with E-state index in [1.807, 2.05) is 18.5 Å². The van der Waals surface area contributed by atoms with Crippen molar-refractivity contribution in [1.29, 1.82) is 0 Å². The Morgan fingerprint density at radius 3 is 2.59 bits per heavy atom. The fourth-order valence-corrected chi connectivity index (χ4v) is 6.17. The van der Waals surface area contributed by atoms with Gasteiger partial charge in [-0.25, -0.2) is 13.8 Å². The second-order valence-corrected chi connectivity index (χ2v) is 10.9. The Kier molecular flexibility index (Phi) is 4.80. The van der Waals surface area contributed by atoms with Gasteiger partial charge in [0.2, 0.25) is 0 Å². The van der Waals surface area contributed by atoms with E-state index in [0.29, 0.717) is 33.9 Å². The van der Waals surface area contributed by atoms with Crippen molar-refractivity contribution < 1.29 is 13.9 Å². The Morgan fingerprint density at radius 1 is 1.16 bits per heavy atom. The fourth-order valence-electron chi connectivity index (χ4n) is 6.17. The van der Waals surface area contributed by atoms with Crippen molar-refractivity contribution in [3.05, 3.63) is 47.2 Å². The molecule has 0 bridgehead atoms. The number of pyridine rings is 1. The molecule has 8 heteroatoms. The van der Waals surface area contributed by atoms with Crippen LogP contribution in [-0.2, 0) is 0 Å². The van der Waals surface area contributed by atoms with Crippen LogP contribution in [0.4, 0.5) is 14.6 Å². The monoisotopic (exact) mass is 499 g/mol. The van der Waals surface area contributed by atoms with E-state index in [1.54, 1.807) is 0 Å². The van der Waals surface area contributed by atoms with Crippen LogP contribution in [0.15, 0.2) is 24.3 Å². The minimum atomic E-state index is -0.580. The molecule has 2 aromatic heterocycles. The zero-order valence-electron chi connectivity index (χ0n) is 20.6. The molecule has 3 aliphatic rings. The first kappa shape index (κ1) is 22.5. The maximum atomic E-state index is 16.7. The normalized spacial score (nSPS) is 22.5. The highest BCUT2D eigenvalue weighted by atomic mass is 19.1. The number of hydrogen-bond acceptors (Lipinski definition) is 5. The number of halogens is 2. The molecule has 7 rings (SSSR count). The van der Waals surface area contributed by atoms with E-state index in [0.717, 1.165) is 37.0 Å². The van der Waals surface area contributed by atoms with Crippen LogP contribution < -0.4 is 10.6 Å². The van der Waals surface area contributed by atoms with E-state index in [4.69, 9.17) is 16.5 Å². The van der Waals surface area contributed by atoms with Gasteiger partial charge in [-0.15, -0.1) is 6.42 Å². The van der Waals surface area contributed by atoms with Crippen molar-refractivity contribution in [2.45, 2.75) is 44.7 Å². The van der Waals surface area contributed by atoms with Crippen molar-refractivity contribution in [1.82, 2.24) is 20.1 Å². The lowest BCUT2D eigenvalue weighted by atomic mass is 9.95. The first-order valence-corrected chi connectivity index (χ1v) is 12.9. The summed E-state index contributed by atoms with van der Waals surface area (Å²) in [6.45, 7) is 5.91. The lowest BCUT2D eigenvalue weighted by molar-refractivity contribution is 0.476. The fraction of sp³-hybridized carbons (Fsp3) is 0.379. The summed E-state index contributed by atoms with van der Waals surface area (Å²) in [6, 6.07) is 5.87. The molecule has 6 nitrogen and oxygen atoms in total. The maximum absolute atomic E-state index is 16.7. The van der Waals surface area contributed by atoms with Crippen LogP contribution in [0, 0.1) is 35.8 Å². The molecule has 0 spiro atoms. The summed E-state index contributed by atoms with van der Waals surface area (Å²) >= 11 is 0. The molecule has 1 aliphatic heterocycles. The molecule has 188 valence electrons. The molecule has 2 aliphatic carbocycles. The Hall–Kier alpha value is -3.70. The minimum absolute atomic E-state index is 0.0156. The number of phenolic OH excluding ortho intramolecular Hbond substituents is 1. The summed E-state index contributed by atoms with van der Waals surface area (Å²) in [5, 5.41) is 24.0. The molecule has 1 unspecified atom stereocenters. The van der Waals surface area contributed by atoms with Crippen molar-refractivity contribution in [3.63, 3.8) is 0 Å². The van der Waals surface area contributed by atoms with Gasteiger partial charge in [0.1, 0.15) is 28.6 Å². The van der Waals surface area contributed by atoms with Crippen LogP contribution in [-0.4, -0.2) is 39.0 Å². The third kappa shape index (κ3) is 3.33. The van der Waals surface area contributed by atoms with E-state index >= 15 is 4.39 Å². The van der Waals surface area contributed by atoms with Crippen molar-refractivity contribution in [2.24, 2.45) is 11.8 Å². The zero-order valence-corrected chi connectivity index (χ0v) is 20.6. The Labute approximate surface area is 213 Å². The largest absolute Gasteiger partial charge is 0.508 e. The van der Waals surface area contributed by atoms with Crippen LogP contribution in [0.5, 0.6) is 5.75 Å². The number of aromatic hydroxyl groups is 1. The molecule has 3 fully saturated rings. The summed E-state index contributed by atoms with van der Waals surface area (Å²) in [4.78, 5) is 4.81. The summed E-state index contributed by atoms with van der Waals surface area (Å²) in [5.41, 5.74) is 1.62. The van der Waals surface area contributed by atoms with E-state index in [-0.39, 0.29) is 40.6 Å². The van der Waals surface area contributed by atoms with Gasteiger partial charge in [0.25, 0.3) is 0 Å². The van der Waals surface area contributed by atoms with Crippen LogP contribution in [0.3, 0.4) is 0 Å². The molecule has 3 heterocycles. The Balaban J connectivity index is 1.56. The van der Waals surface area contributed by atoms with Gasteiger partial charge >= 0.3 is 0 Å². The molecule has 2 saturated carbocycles. The Bertz CT molecular complexity index is 1640. The number of terminal acetylenes is 1. The SMILES string of the molecule is C#Cc1c(F)ccc2cc(O)cc(-c3nc(NC(C)C)c4c(C5[C@H]6CNC[C@@H]56)nn(C5CC5)c4c3F)c12. The second-order valence-electron chi connectivity index (χ2n) is 10.9. The number of piperidine rings is 1. The third-order valence-electron chi connectivity index (χ3n) is 7.99. The molecule has 0 radical (unpaired) electrons. The number of fused-ring (bicyclic) bond motifs is 3. The summed E-state index contributed by atoms with van der Waals surface area (Å²) in [7, 11) is 0. The van der Waals surface area contributed by atoms with Crippen molar-refractivity contribution >= 4 is 27.5 Å². The highest BCUT2D eigenvalue weighted by molar-refractivity contribution is 6.04. The van der Waals surface area contributed by atoms with E-state index in [1.165, 1.54) is 24.3 Å². The van der Waals surface area contributed by atoms with Crippen LogP contribution in [0.1, 0.15) is 49.9 Å². The van der Waals surface area contributed by atoms with E-state index < -0.39 is 11.6 Å². The predicted octanol–water partition coefficient (Wildman–Crippen LogP) is 5.30. The first-order chi connectivity index (χ1) is 17.9. The minimum Gasteiger partial charge on any atom is -0.508 e. The lowest BCUT2D eigenvalue weighted by Gasteiger charge is -2.17. The smallest absolute Gasteiger partial charge is 0.175 e. The summed E-state index contributed by atoms with van der Waals surface area (Å²) in [6.07, 6.45) is 7.58. The topological polar surface area (TPSA) is 75.0 Å². The average Bonchev–Trinajstić information content (AvgIpc) is 3.74. The number of phenols is 1. The summed E-state index contributed by atoms with van der Waals surface area (Å²) in [5.74, 6) is 3.09. The van der Waals surface area contributed by atoms with Crippen molar-refractivity contribution in [2.75, 3.05) is 18.4 Å². The van der Waals surface area contributed by atoms with Gasteiger partial charge in [-0.1, -0.05) is 12.0 Å². The van der Waals surface area contributed by atoms with Gasteiger partial charge in [0.15, 0.2) is 5.82 Å². The third-order valence-corrected chi connectivity index (χ3v) is 7.99. The van der Waals surface area contributed by atoms with Gasteiger partial charge < -0.3 is 15.7 Å².